The normalized spacial score (nSPS) is 10.6. The molecule has 0 bridgehead atoms. The van der Waals surface area contributed by atoms with Crippen molar-refractivity contribution in [2.45, 2.75) is 0 Å². The predicted octanol–water partition coefficient (Wildman–Crippen LogP) is 2.89. The number of rotatable bonds is 0. The third-order valence-corrected chi connectivity index (χ3v) is 2.80. The molecule has 0 aliphatic heterocycles. The van der Waals surface area contributed by atoms with Crippen molar-refractivity contribution in [1.82, 2.24) is 0 Å². The van der Waals surface area contributed by atoms with E-state index in [1.54, 1.807) is 18.2 Å². The van der Waals surface area contributed by atoms with Gasteiger partial charge in [0, 0.05) is 16.6 Å². The van der Waals surface area contributed by atoms with E-state index in [2.05, 4.69) is 15.9 Å². The van der Waals surface area contributed by atoms with Gasteiger partial charge in [-0.2, -0.15) is 4.73 Å². The van der Waals surface area contributed by atoms with Crippen molar-refractivity contribution >= 4 is 38.4 Å². The number of hydrogen-bond donors (Lipinski definition) is 0. The zero-order chi connectivity index (χ0) is 9.42. The van der Waals surface area contributed by atoms with Crippen LogP contribution in [0.4, 0.5) is 0 Å². The van der Waals surface area contributed by atoms with Crippen LogP contribution in [0.3, 0.4) is 0 Å². The maximum absolute atomic E-state index is 11.3. The van der Waals surface area contributed by atoms with Crippen molar-refractivity contribution in [3.8, 4) is 0 Å². The molecule has 66 valence electrons. The van der Waals surface area contributed by atoms with Gasteiger partial charge in [-0.3, -0.25) is 0 Å². The van der Waals surface area contributed by atoms with E-state index in [1.165, 1.54) is 6.20 Å². The van der Waals surface area contributed by atoms with Gasteiger partial charge in [-0.15, -0.1) is 0 Å². The van der Waals surface area contributed by atoms with Crippen molar-refractivity contribution < 1.29 is 4.73 Å². The minimum absolute atomic E-state index is 0.571. The van der Waals surface area contributed by atoms with Gasteiger partial charge in [-0.25, -0.2) is 0 Å². The molecule has 0 saturated heterocycles. The van der Waals surface area contributed by atoms with Crippen LogP contribution in [0.2, 0.25) is 5.02 Å². The lowest BCUT2D eigenvalue weighted by Crippen LogP contribution is -2.25. The largest absolute Gasteiger partial charge is 0.618 e. The highest BCUT2D eigenvalue weighted by Gasteiger charge is 2.09. The smallest absolute Gasteiger partial charge is 0.226 e. The lowest BCUT2D eigenvalue weighted by Gasteiger charge is -2.03. The van der Waals surface area contributed by atoms with Gasteiger partial charge in [0.1, 0.15) is 0 Å². The van der Waals surface area contributed by atoms with E-state index >= 15 is 0 Å². The Hall–Kier alpha value is -0.800. The van der Waals surface area contributed by atoms with Crippen LogP contribution in [-0.4, -0.2) is 0 Å². The van der Waals surface area contributed by atoms with E-state index in [1.807, 2.05) is 6.07 Å². The maximum Gasteiger partial charge on any atom is 0.226 e. The minimum Gasteiger partial charge on any atom is -0.618 e. The Morgan fingerprint density at radius 2 is 2.08 bits per heavy atom. The Labute approximate surface area is 88.5 Å². The standard InChI is InChI=1S/C9H5BrClNO/c10-6-2-1-3-8-9(6)7(11)4-5-12(8)13/h1-5H. The van der Waals surface area contributed by atoms with E-state index in [9.17, 15) is 5.21 Å². The number of halogens is 2. The zero-order valence-corrected chi connectivity index (χ0v) is 8.84. The molecule has 1 aromatic carbocycles. The van der Waals surface area contributed by atoms with E-state index < -0.39 is 0 Å². The van der Waals surface area contributed by atoms with Crippen LogP contribution in [0, 0.1) is 5.21 Å². The summed E-state index contributed by atoms with van der Waals surface area (Å²) in [5, 5.41) is 12.7. The molecule has 0 unspecified atom stereocenters. The monoisotopic (exact) mass is 257 g/mol. The second kappa shape index (κ2) is 3.16. The molecule has 4 heteroatoms. The average Bonchev–Trinajstić information content (AvgIpc) is 2.12. The molecular weight excluding hydrogens is 253 g/mol. The first-order chi connectivity index (χ1) is 6.20. The molecule has 0 aliphatic carbocycles. The van der Waals surface area contributed by atoms with Crippen LogP contribution in [0.1, 0.15) is 0 Å². The number of pyridine rings is 1. The molecule has 1 heterocycles. The van der Waals surface area contributed by atoms with E-state index in [0.29, 0.717) is 10.5 Å². The zero-order valence-electron chi connectivity index (χ0n) is 6.50. The van der Waals surface area contributed by atoms with Gasteiger partial charge >= 0.3 is 0 Å². The molecule has 2 rings (SSSR count). The molecule has 2 aromatic rings. The number of hydrogen-bond acceptors (Lipinski definition) is 1. The Morgan fingerprint density at radius 1 is 1.31 bits per heavy atom. The molecule has 0 saturated carbocycles. The second-order valence-corrected chi connectivity index (χ2v) is 3.88. The van der Waals surface area contributed by atoms with Gasteiger partial charge in [-0.1, -0.05) is 17.7 Å². The first kappa shape index (κ1) is 8.78. The van der Waals surface area contributed by atoms with Crippen LogP contribution in [0.15, 0.2) is 34.9 Å². The fraction of sp³-hybridized carbons (Fsp3) is 0. The molecule has 0 N–H and O–H groups in total. The molecule has 0 fully saturated rings. The molecule has 1 aromatic heterocycles. The van der Waals surface area contributed by atoms with Crippen LogP contribution in [0.25, 0.3) is 10.9 Å². The van der Waals surface area contributed by atoms with Crippen LogP contribution in [0.5, 0.6) is 0 Å². The van der Waals surface area contributed by atoms with Gasteiger partial charge in [0.2, 0.25) is 5.52 Å². The Balaban J connectivity index is 3.00. The summed E-state index contributed by atoms with van der Waals surface area (Å²) >= 11 is 9.30. The Bertz CT molecular complexity index is 464. The Morgan fingerprint density at radius 3 is 2.77 bits per heavy atom. The molecule has 0 radical (unpaired) electrons. The Kier molecular flexibility index (Phi) is 2.14. The van der Waals surface area contributed by atoms with Gasteiger partial charge in [0.15, 0.2) is 6.20 Å². The lowest BCUT2D eigenvalue weighted by atomic mass is 10.2. The number of nitrogens with zero attached hydrogens (tertiary/aromatic N) is 1. The molecule has 13 heavy (non-hydrogen) atoms. The number of benzene rings is 1. The van der Waals surface area contributed by atoms with E-state index in [0.717, 1.165) is 14.6 Å². The highest BCUT2D eigenvalue weighted by atomic mass is 79.9. The fourth-order valence-electron chi connectivity index (χ4n) is 1.23. The molecule has 0 amide bonds. The van der Waals surface area contributed by atoms with Crippen molar-refractivity contribution in [1.29, 1.82) is 0 Å². The number of fused-ring (bicyclic) bond motifs is 1. The highest BCUT2D eigenvalue weighted by molar-refractivity contribution is 9.10. The first-order valence-corrected chi connectivity index (χ1v) is 4.83. The third kappa shape index (κ3) is 1.38. The summed E-state index contributed by atoms with van der Waals surface area (Å²) in [6.07, 6.45) is 1.40. The van der Waals surface area contributed by atoms with Crippen molar-refractivity contribution in [2.75, 3.05) is 0 Å². The van der Waals surface area contributed by atoms with Crippen LogP contribution < -0.4 is 4.73 Å². The highest BCUT2D eigenvalue weighted by Crippen LogP contribution is 2.27. The molecule has 0 spiro atoms. The van der Waals surface area contributed by atoms with Crippen LogP contribution >= 0.6 is 27.5 Å². The summed E-state index contributed by atoms with van der Waals surface area (Å²) in [5.41, 5.74) is 0.571. The molecule has 0 aliphatic rings. The van der Waals surface area contributed by atoms with E-state index in [-0.39, 0.29) is 0 Å². The summed E-state index contributed by atoms with van der Waals surface area (Å²) < 4.78 is 1.63. The topological polar surface area (TPSA) is 26.9 Å². The quantitative estimate of drug-likeness (QED) is 0.527. The summed E-state index contributed by atoms with van der Waals surface area (Å²) in [7, 11) is 0. The molecular formula is C9H5BrClNO. The van der Waals surface area contributed by atoms with Crippen molar-refractivity contribution in [3.05, 3.63) is 45.2 Å². The average molecular weight is 259 g/mol. The second-order valence-electron chi connectivity index (χ2n) is 2.62. The third-order valence-electron chi connectivity index (χ3n) is 1.82. The summed E-state index contributed by atoms with van der Waals surface area (Å²) in [6, 6.07) is 6.98. The molecule has 0 atom stereocenters. The lowest BCUT2D eigenvalue weighted by molar-refractivity contribution is -0.577. The maximum atomic E-state index is 11.3. The molecule has 2 nitrogen and oxygen atoms in total. The van der Waals surface area contributed by atoms with Gasteiger partial charge < -0.3 is 5.21 Å². The van der Waals surface area contributed by atoms with Crippen molar-refractivity contribution in [2.24, 2.45) is 0 Å². The van der Waals surface area contributed by atoms with Gasteiger partial charge in [0.25, 0.3) is 0 Å². The van der Waals surface area contributed by atoms with Gasteiger partial charge in [0.05, 0.1) is 10.4 Å². The van der Waals surface area contributed by atoms with E-state index in [4.69, 9.17) is 11.6 Å². The van der Waals surface area contributed by atoms with Crippen LogP contribution in [-0.2, 0) is 0 Å². The summed E-state index contributed by atoms with van der Waals surface area (Å²) in [4.78, 5) is 0. The SMILES string of the molecule is [O-][n+]1ccc(Cl)c2c(Br)cccc21. The van der Waals surface area contributed by atoms with Crippen molar-refractivity contribution in [3.63, 3.8) is 0 Å². The fourth-order valence-corrected chi connectivity index (χ4v) is 2.17. The minimum atomic E-state index is 0.571. The number of aromatic nitrogens is 1. The van der Waals surface area contributed by atoms with Gasteiger partial charge in [-0.05, 0) is 22.0 Å². The predicted molar refractivity (Wildman–Crippen MR) is 55.6 cm³/mol. The first-order valence-electron chi connectivity index (χ1n) is 3.66. The summed E-state index contributed by atoms with van der Waals surface area (Å²) in [5.74, 6) is 0. The summed E-state index contributed by atoms with van der Waals surface area (Å²) in [6.45, 7) is 0.